The Bertz CT molecular complexity index is 1260. The van der Waals surface area contributed by atoms with Crippen LogP contribution in [-0.4, -0.2) is 74.9 Å². The van der Waals surface area contributed by atoms with Crippen molar-refractivity contribution in [2.24, 2.45) is 0 Å². The Hall–Kier alpha value is -3.42. The van der Waals surface area contributed by atoms with Crippen molar-refractivity contribution in [3.8, 4) is 0 Å². The first kappa shape index (κ1) is 25.2. The van der Waals surface area contributed by atoms with Crippen LogP contribution in [0.1, 0.15) is 39.9 Å². The maximum absolute atomic E-state index is 14.9. The van der Waals surface area contributed by atoms with Crippen molar-refractivity contribution < 1.29 is 38.8 Å². The summed E-state index contributed by atoms with van der Waals surface area (Å²) in [6.45, 7) is 1.22. The number of fused-ring (bicyclic) bond motifs is 1. The summed E-state index contributed by atoms with van der Waals surface area (Å²) in [6, 6.07) is 8.86. The highest BCUT2D eigenvalue weighted by Gasteiger charge is 2.51. The number of carbonyl (C=O) groups is 3. The number of rotatable bonds is 6. The molecule has 3 aliphatic rings. The SMILES string of the molecule is O=C1CCC(O)(N2Cc3c(NCc4ccc(C(O)(O)N5CCOCC5)cc4F)cccc3C2=O)C(=O)N1. The molecule has 2 saturated heterocycles. The topological polar surface area (TPSA) is 152 Å². The molecule has 2 aromatic rings. The van der Waals surface area contributed by atoms with Gasteiger partial charge in [0.05, 0.1) is 19.8 Å². The number of ether oxygens (including phenoxy) is 1. The lowest BCUT2D eigenvalue weighted by Crippen LogP contribution is -2.63. The van der Waals surface area contributed by atoms with Crippen LogP contribution in [0.15, 0.2) is 36.4 Å². The Labute approximate surface area is 211 Å². The molecule has 0 radical (unpaired) electrons. The molecule has 2 fully saturated rings. The number of hydrogen-bond donors (Lipinski definition) is 5. The molecule has 196 valence electrons. The van der Waals surface area contributed by atoms with E-state index < -0.39 is 35.2 Å². The number of amides is 3. The third-order valence-corrected chi connectivity index (χ3v) is 7.09. The Morgan fingerprint density at radius 2 is 1.89 bits per heavy atom. The largest absolute Gasteiger partial charge is 0.381 e. The summed E-state index contributed by atoms with van der Waals surface area (Å²) in [5.74, 6) is -4.99. The number of benzene rings is 2. The van der Waals surface area contributed by atoms with E-state index in [1.807, 2.05) is 0 Å². The van der Waals surface area contributed by atoms with Gasteiger partial charge in [-0.2, -0.15) is 0 Å². The van der Waals surface area contributed by atoms with Crippen LogP contribution in [0.2, 0.25) is 0 Å². The lowest BCUT2D eigenvalue weighted by molar-refractivity contribution is -0.287. The summed E-state index contributed by atoms with van der Waals surface area (Å²) in [7, 11) is 0. The number of imide groups is 1. The monoisotopic (exact) mass is 514 g/mol. The van der Waals surface area contributed by atoms with Crippen LogP contribution in [0.25, 0.3) is 0 Å². The summed E-state index contributed by atoms with van der Waals surface area (Å²) in [5, 5.41) is 37.3. The van der Waals surface area contributed by atoms with E-state index in [9.17, 15) is 34.1 Å². The summed E-state index contributed by atoms with van der Waals surface area (Å²) in [4.78, 5) is 39.3. The van der Waals surface area contributed by atoms with Gasteiger partial charge in [-0.05, 0) is 18.2 Å². The van der Waals surface area contributed by atoms with E-state index in [2.05, 4.69) is 10.6 Å². The van der Waals surface area contributed by atoms with Gasteiger partial charge in [0.2, 0.25) is 11.6 Å². The smallest absolute Gasteiger partial charge is 0.279 e. The second-order valence-electron chi connectivity index (χ2n) is 9.31. The fourth-order valence-electron chi connectivity index (χ4n) is 4.89. The van der Waals surface area contributed by atoms with E-state index in [-0.39, 0.29) is 42.6 Å². The van der Waals surface area contributed by atoms with Crippen LogP contribution in [-0.2, 0) is 33.3 Å². The van der Waals surface area contributed by atoms with Crippen LogP contribution < -0.4 is 10.6 Å². The van der Waals surface area contributed by atoms with Crippen molar-refractivity contribution >= 4 is 23.4 Å². The fraction of sp³-hybridized carbons (Fsp3) is 0.400. The van der Waals surface area contributed by atoms with E-state index in [0.29, 0.717) is 37.6 Å². The molecule has 0 aliphatic carbocycles. The number of piperidine rings is 1. The van der Waals surface area contributed by atoms with Gasteiger partial charge in [-0.25, -0.2) is 9.29 Å². The molecule has 3 amide bonds. The molecule has 0 aromatic heterocycles. The van der Waals surface area contributed by atoms with Crippen LogP contribution in [0.5, 0.6) is 0 Å². The van der Waals surface area contributed by atoms with Crippen LogP contribution >= 0.6 is 0 Å². The van der Waals surface area contributed by atoms with E-state index in [1.165, 1.54) is 17.0 Å². The van der Waals surface area contributed by atoms with Crippen molar-refractivity contribution in [1.82, 2.24) is 15.1 Å². The lowest BCUT2D eigenvalue weighted by Gasteiger charge is -2.37. The minimum absolute atomic E-state index is 0.00465. The fourth-order valence-corrected chi connectivity index (χ4v) is 4.89. The summed E-state index contributed by atoms with van der Waals surface area (Å²) in [5.41, 5.74) is -0.571. The molecule has 1 unspecified atom stereocenters. The van der Waals surface area contributed by atoms with Gasteiger partial charge in [-0.1, -0.05) is 18.2 Å². The van der Waals surface area contributed by atoms with Gasteiger partial charge < -0.3 is 25.4 Å². The molecule has 0 bridgehead atoms. The van der Waals surface area contributed by atoms with E-state index in [4.69, 9.17) is 4.74 Å². The zero-order chi connectivity index (χ0) is 26.4. The predicted molar refractivity (Wildman–Crippen MR) is 126 cm³/mol. The molecule has 3 aliphatic heterocycles. The second kappa shape index (κ2) is 9.47. The summed E-state index contributed by atoms with van der Waals surface area (Å²) < 4.78 is 20.2. The van der Waals surface area contributed by atoms with Gasteiger partial charge >= 0.3 is 0 Å². The number of carbonyl (C=O) groups excluding carboxylic acids is 3. The highest BCUT2D eigenvalue weighted by Crippen LogP contribution is 2.36. The molecule has 5 rings (SSSR count). The van der Waals surface area contributed by atoms with Gasteiger partial charge in [0.15, 0.2) is 0 Å². The number of anilines is 1. The van der Waals surface area contributed by atoms with Crippen LogP contribution in [0.4, 0.5) is 10.1 Å². The minimum Gasteiger partial charge on any atom is -0.381 e. The van der Waals surface area contributed by atoms with Crippen molar-refractivity contribution in [2.45, 2.75) is 37.6 Å². The van der Waals surface area contributed by atoms with Gasteiger partial charge in [0, 0.05) is 60.4 Å². The quantitative estimate of drug-likeness (QED) is 0.264. The molecular formula is C25H27FN4O7. The van der Waals surface area contributed by atoms with Crippen molar-refractivity contribution in [3.05, 3.63) is 64.5 Å². The molecule has 11 nitrogen and oxygen atoms in total. The molecule has 5 N–H and O–H groups in total. The first-order chi connectivity index (χ1) is 17.6. The Balaban J connectivity index is 1.32. The van der Waals surface area contributed by atoms with Crippen molar-refractivity contribution in [3.63, 3.8) is 0 Å². The Morgan fingerprint density at radius 1 is 1.14 bits per heavy atom. The highest BCUT2D eigenvalue weighted by atomic mass is 19.1. The van der Waals surface area contributed by atoms with Gasteiger partial charge in [0.25, 0.3) is 17.7 Å². The predicted octanol–water partition coefficient (Wildman–Crippen LogP) is -0.0541. The van der Waals surface area contributed by atoms with E-state index in [0.717, 1.165) is 11.0 Å². The standard InChI is InChI=1S/C25H27FN4O7/c26-19-12-16(25(35,36)29-8-10-37-11-9-29)5-4-15(19)13-27-20-3-1-2-17-18(20)14-30(22(17)32)24(34)7-6-21(31)28-23(24)33/h1-5,12,27,34-36H,6-11,13-14H2,(H,28,31,33). The molecular weight excluding hydrogens is 487 g/mol. The molecule has 0 spiro atoms. The van der Waals surface area contributed by atoms with Gasteiger partial charge in [-0.15, -0.1) is 0 Å². The molecule has 37 heavy (non-hydrogen) atoms. The van der Waals surface area contributed by atoms with E-state index >= 15 is 0 Å². The molecule has 3 heterocycles. The number of nitrogens with zero attached hydrogens (tertiary/aromatic N) is 2. The maximum Gasteiger partial charge on any atom is 0.279 e. The first-order valence-corrected chi connectivity index (χ1v) is 11.9. The van der Waals surface area contributed by atoms with Gasteiger partial charge in [-0.3, -0.25) is 24.6 Å². The lowest BCUT2D eigenvalue weighted by atomic mass is 10.00. The zero-order valence-electron chi connectivity index (χ0n) is 19.9. The van der Waals surface area contributed by atoms with Crippen molar-refractivity contribution in [2.75, 3.05) is 31.6 Å². The Kier molecular flexibility index (Phi) is 6.46. The normalized spacial score (nSPS) is 22.7. The first-order valence-electron chi connectivity index (χ1n) is 11.9. The Morgan fingerprint density at radius 3 is 2.59 bits per heavy atom. The number of aliphatic hydroxyl groups is 3. The third-order valence-electron chi connectivity index (χ3n) is 7.09. The maximum atomic E-state index is 14.9. The minimum atomic E-state index is -2.34. The summed E-state index contributed by atoms with van der Waals surface area (Å²) in [6.07, 6.45) is -0.309. The third kappa shape index (κ3) is 4.47. The second-order valence-corrected chi connectivity index (χ2v) is 9.31. The number of morpholine rings is 1. The molecule has 0 saturated carbocycles. The number of hydrogen-bond acceptors (Lipinski definition) is 9. The average Bonchev–Trinajstić information content (AvgIpc) is 3.24. The zero-order valence-corrected chi connectivity index (χ0v) is 19.9. The molecule has 2 aromatic carbocycles. The molecule has 12 heteroatoms. The number of nitrogens with one attached hydrogen (secondary N) is 2. The number of halogens is 1. The highest BCUT2D eigenvalue weighted by molar-refractivity contribution is 6.07. The summed E-state index contributed by atoms with van der Waals surface area (Å²) >= 11 is 0. The van der Waals surface area contributed by atoms with Gasteiger partial charge in [0.1, 0.15) is 5.82 Å². The average molecular weight is 515 g/mol. The van der Waals surface area contributed by atoms with Crippen LogP contribution in [0, 0.1) is 5.82 Å². The van der Waals surface area contributed by atoms with Crippen molar-refractivity contribution in [1.29, 1.82) is 0 Å². The van der Waals surface area contributed by atoms with E-state index in [1.54, 1.807) is 18.2 Å². The molecule has 1 atom stereocenters. The van der Waals surface area contributed by atoms with Crippen LogP contribution in [0.3, 0.4) is 0 Å².